The largest absolute Gasteiger partial charge is 0.352 e. The van der Waals surface area contributed by atoms with Gasteiger partial charge >= 0.3 is 0 Å². The minimum absolute atomic E-state index is 0.0512. The van der Waals surface area contributed by atoms with Gasteiger partial charge in [0.15, 0.2) is 0 Å². The third-order valence-electron chi connectivity index (χ3n) is 5.82. The summed E-state index contributed by atoms with van der Waals surface area (Å²) in [5.41, 5.74) is 3.18. The number of rotatable bonds is 9. The molecule has 4 nitrogen and oxygen atoms in total. The van der Waals surface area contributed by atoms with Crippen LogP contribution in [0.15, 0.2) is 42.5 Å². The van der Waals surface area contributed by atoms with Crippen LogP contribution in [0.5, 0.6) is 0 Å². The molecule has 32 heavy (non-hydrogen) atoms. The molecule has 0 bridgehead atoms. The quantitative estimate of drug-likeness (QED) is 0.466. The van der Waals surface area contributed by atoms with Crippen molar-refractivity contribution in [1.82, 2.24) is 10.2 Å². The fourth-order valence-electron chi connectivity index (χ4n) is 3.83. The number of carbonyl (C=O) groups is 2. The molecule has 7 heteroatoms. The van der Waals surface area contributed by atoms with Crippen molar-refractivity contribution >= 4 is 46.8 Å². The molecule has 3 rings (SSSR count). The van der Waals surface area contributed by atoms with E-state index in [1.807, 2.05) is 50.2 Å². The van der Waals surface area contributed by atoms with E-state index >= 15 is 0 Å². The summed E-state index contributed by atoms with van der Waals surface area (Å²) in [6.45, 7) is 4.26. The number of aryl methyl sites for hydroxylation is 1. The Bertz CT molecular complexity index is 930. The van der Waals surface area contributed by atoms with Gasteiger partial charge in [-0.1, -0.05) is 71.9 Å². The maximum Gasteiger partial charge on any atom is 0.242 e. The SMILES string of the molecule is Cc1ccc(CN(C(=O)CSCc2ccc(Cl)c(Cl)c2)[C@H](C)C(=O)NC2CCCC2)cc1. The number of hydrogen-bond acceptors (Lipinski definition) is 3. The minimum Gasteiger partial charge on any atom is -0.352 e. The summed E-state index contributed by atoms with van der Waals surface area (Å²) in [4.78, 5) is 27.8. The number of nitrogens with one attached hydrogen (secondary N) is 1. The molecular weight excluding hydrogens is 463 g/mol. The lowest BCUT2D eigenvalue weighted by Crippen LogP contribution is -2.50. The Morgan fingerprint density at radius 1 is 1.06 bits per heavy atom. The van der Waals surface area contributed by atoms with Crippen molar-refractivity contribution < 1.29 is 9.59 Å². The van der Waals surface area contributed by atoms with Gasteiger partial charge in [0.25, 0.3) is 0 Å². The lowest BCUT2D eigenvalue weighted by Gasteiger charge is -2.29. The topological polar surface area (TPSA) is 49.4 Å². The van der Waals surface area contributed by atoms with Gasteiger partial charge < -0.3 is 10.2 Å². The Morgan fingerprint density at radius 3 is 2.38 bits per heavy atom. The summed E-state index contributed by atoms with van der Waals surface area (Å²) >= 11 is 13.6. The van der Waals surface area contributed by atoms with E-state index in [1.165, 1.54) is 11.8 Å². The highest BCUT2D eigenvalue weighted by Crippen LogP contribution is 2.25. The van der Waals surface area contributed by atoms with Crippen LogP contribution >= 0.6 is 35.0 Å². The monoisotopic (exact) mass is 492 g/mol. The average Bonchev–Trinajstić information content (AvgIpc) is 3.28. The van der Waals surface area contributed by atoms with Gasteiger partial charge in [0.05, 0.1) is 15.8 Å². The zero-order valence-corrected chi connectivity index (χ0v) is 20.9. The van der Waals surface area contributed by atoms with Crippen molar-refractivity contribution in [3.8, 4) is 0 Å². The molecule has 0 aromatic heterocycles. The molecule has 1 aliphatic carbocycles. The van der Waals surface area contributed by atoms with Crippen LogP contribution in [0.4, 0.5) is 0 Å². The van der Waals surface area contributed by atoms with Gasteiger partial charge in [-0.3, -0.25) is 9.59 Å². The van der Waals surface area contributed by atoms with Crippen LogP contribution in [0.1, 0.15) is 49.3 Å². The summed E-state index contributed by atoms with van der Waals surface area (Å²) in [6, 6.07) is 13.3. The molecule has 2 aromatic carbocycles. The molecule has 0 radical (unpaired) electrons. The Balaban J connectivity index is 1.65. The van der Waals surface area contributed by atoms with Crippen molar-refractivity contribution in [1.29, 1.82) is 0 Å². The van der Waals surface area contributed by atoms with Gasteiger partial charge in [0.1, 0.15) is 6.04 Å². The summed E-state index contributed by atoms with van der Waals surface area (Å²) < 4.78 is 0. The molecule has 0 aliphatic heterocycles. The molecule has 0 spiro atoms. The first-order chi connectivity index (χ1) is 15.3. The number of benzene rings is 2. The summed E-state index contributed by atoms with van der Waals surface area (Å²) in [7, 11) is 0. The van der Waals surface area contributed by atoms with Gasteiger partial charge in [-0.05, 0) is 49.9 Å². The van der Waals surface area contributed by atoms with Crippen LogP contribution in [0.25, 0.3) is 0 Å². The van der Waals surface area contributed by atoms with E-state index in [-0.39, 0.29) is 23.6 Å². The second-order valence-electron chi connectivity index (χ2n) is 8.41. The van der Waals surface area contributed by atoms with E-state index < -0.39 is 6.04 Å². The maximum absolute atomic E-state index is 13.2. The van der Waals surface area contributed by atoms with Crippen LogP contribution in [-0.4, -0.2) is 34.6 Å². The van der Waals surface area contributed by atoms with E-state index in [9.17, 15) is 9.59 Å². The molecule has 1 atom stereocenters. The zero-order chi connectivity index (χ0) is 23.1. The molecule has 1 fully saturated rings. The molecule has 1 N–H and O–H groups in total. The molecule has 1 saturated carbocycles. The predicted molar refractivity (Wildman–Crippen MR) is 134 cm³/mol. The van der Waals surface area contributed by atoms with Gasteiger partial charge in [0, 0.05) is 18.3 Å². The number of thioether (sulfide) groups is 1. The molecule has 0 saturated heterocycles. The predicted octanol–water partition coefficient (Wildman–Crippen LogP) is 6.01. The molecule has 0 unspecified atom stereocenters. The number of hydrogen-bond donors (Lipinski definition) is 1. The van der Waals surface area contributed by atoms with Crippen LogP contribution in [0, 0.1) is 6.92 Å². The van der Waals surface area contributed by atoms with Crippen molar-refractivity contribution in [2.75, 3.05) is 5.75 Å². The smallest absolute Gasteiger partial charge is 0.242 e. The standard InChI is InChI=1S/C25H30Cl2N2O2S/c1-17-7-9-19(10-8-17)14-29(18(2)25(31)28-21-5-3-4-6-21)24(30)16-32-15-20-11-12-22(26)23(27)13-20/h7-13,18,21H,3-6,14-16H2,1-2H3,(H,28,31)/t18-/m1/s1. The van der Waals surface area contributed by atoms with Crippen molar-refractivity contribution in [3.05, 3.63) is 69.2 Å². The first kappa shape index (κ1) is 24.9. The molecular formula is C25H30Cl2N2O2S. The Labute approximate surface area is 205 Å². The van der Waals surface area contributed by atoms with Crippen molar-refractivity contribution in [2.45, 2.75) is 63.9 Å². The van der Waals surface area contributed by atoms with Gasteiger partial charge in [-0.25, -0.2) is 0 Å². The zero-order valence-electron chi connectivity index (χ0n) is 18.6. The Kier molecular flexibility index (Phi) is 9.33. The number of carbonyl (C=O) groups excluding carboxylic acids is 2. The minimum atomic E-state index is -0.532. The van der Waals surface area contributed by atoms with E-state index in [4.69, 9.17) is 23.2 Å². The molecule has 2 amide bonds. The number of amides is 2. The van der Waals surface area contributed by atoms with Gasteiger partial charge in [0.2, 0.25) is 11.8 Å². The van der Waals surface area contributed by atoms with Crippen LogP contribution in [-0.2, 0) is 21.9 Å². The highest BCUT2D eigenvalue weighted by molar-refractivity contribution is 7.99. The number of halogens is 2. The average molecular weight is 494 g/mol. The normalized spacial score (nSPS) is 14.9. The molecule has 1 aliphatic rings. The summed E-state index contributed by atoms with van der Waals surface area (Å²) in [5, 5.41) is 4.16. The third-order valence-corrected chi connectivity index (χ3v) is 7.55. The van der Waals surface area contributed by atoms with Crippen LogP contribution in [0.2, 0.25) is 10.0 Å². The van der Waals surface area contributed by atoms with Gasteiger partial charge in [-0.15, -0.1) is 11.8 Å². The van der Waals surface area contributed by atoms with E-state index in [0.29, 0.717) is 22.3 Å². The second-order valence-corrected chi connectivity index (χ2v) is 10.2. The lowest BCUT2D eigenvalue weighted by atomic mass is 10.1. The highest BCUT2D eigenvalue weighted by Gasteiger charge is 2.28. The number of nitrogens with zero attached hydrogens (tertiary/aromatic N) is 1. The second kappa shape index (κ2) is 12.0. The first-order valence-electron chi connectivity index (χ1n) is 11.0. The molecule has 2 aromatic rings. The first-order valence-corrected chi connectivity index (χ1v) is 12.9. The van der Waals surface area contributed by atoms with E-state index in [0.717, 1.165) is 42.4 Å². The molecule has 0 heterocycles. The summed E-state index contributed by atoms with van der Waals surface area (Å²) in [6.07, 6.45) is 4.33. The maximum atomic E-state index is 13.2. The van der Waals surface area contributed by atoms with Crippen molar-refractivity contribution in [3.63, 3.8) is 0 Å². The third kappa shape index (κ3) is 7.16. The van der Waals surface area contributed by atoms with E-state index in [2.05, 4.69) is 5.32 Å². The van der Waals surface area contributed by atoms with Crippen molar-refractivity contribution in [2.24, 2.45) is 0 Å². The van der Waals surface area contributed by atoms with E-state index in [1.54, 1.807) is 11.0 Å². The van der Waals surface area contributed by atoms with Crippen LogP contribution in [0.3, 0.4) is 0 Å². The fraction of sp³-hybridized carbons (Fsp3) is 0.440. The Morgan fingerprint density at radius 2 is 1.72 bits per heavy atom. The Hall–Kier alpha value is -1.69. The summed E-state index contributed by atoms with van der Waals surface area (Å²) in [5.74, 6) is 0.799. The lowest BCUT2D eigenvalue weighted by molar-refractivity contribution is -0.138. The fourth-order valence-corrected chi connectivity index (χ4v) is 5.01. The van der Waals surface area contributed by atoms with Crippen LogP contribution < -0.4 is 5.32 Å². The van der Waals surface area contributed by atoms with Gasteiger partial charge in [-0.2, -0.15) is 0 Å². The molecule has 172 valence electrons. The highest BCUT2D eigenvalue weighted by atomic mass is 35.5.